The molecule has 12 heteroatoms. The van der Waals surface area contributed by atoms with Crippen LogP contribution in [0.5, 0.6) is 17.2 Å². The van der Waals surface area contributed by atoms with Crippen LogP contribution < -0.4 is 23.8 Å². The first kappa shape index (κ1) is 35.1. The molecule has 3 aromatic rings. The zero-order chi connectivity index (χ0) is 33.3. The Hall–Kier alpha value is -3.77. The average molecular weight is 717 g/mol. The molecular formula is C34H42BrN3O7S. The Balaban J connectivity index is 1.72. The lowest BCUT2D eigenvalue weighted by atomic mass is 9.95. The molecule has 0 heterocycles. The van der Waals surface area contributed by atoms with Gasteiger partial charge in [0.25, 0.3) is 10.0 Å². The molecule has 46 heavy (non-hydrogen) atoms. The van der Waals surface area contributed by atoms with E-state index in [0.717, 1.165) is 46.4 Å². The fourth-order valence-corrected chi connectivity index (χ4v) is 7.37. The van der Waals surface area contributed by atoms with Gasteiger partial charge in [-0.3, -0.25) is 13.9 Å². The lowest BCUT2D eigenvalue weighted by molar-refractivity contribution is -0.139. The van der Waals surface area contributed by atoms with E-state index in [1.165, 1.54) is 37.3 Å². The number of carbonyl (C=O) groups is 2. The monoisotopic (exact) mass is 715 g/mol. The molecule has 0 saturated heterocycles. The third-order valence-corrected chi connectivity index (χ3v) is 10.3. The van der Waals surface area contributed by atoms with Crippen molar-refractivity contribution in [1.29, 1.82) is 0 Å². The van der Waals surface area contributed by atoms with Crippen LogP contribution in [0, 0.1) is 0 Å². The Morgan fingerprint density at radius 1 is 0.957 bits per heavy atom. The van der Waals surface area contributed by atoms with E-state index in [1.54, 1.807) is 31.2 Å². The second kappa shape index (κ2) is 16.2. The third kappa shape index (κ3) is 8.73. The van der Waals surface area contributed by atoms with Gasteiger partial charge in [0.2, 0.25) is 11.8 Å². The number of sulfonamides is 1. The van der Waals surface area contributed by atoms with Gasteiger partial charge in [-0.2, -0.15) is 0 Å². The fourth-order valence-electron chi connectivity index (χ4n) is 5.49. The van der Waals surface area contributed by atoms with Gasteiger partial charge in [-0.1, -0.05) is 47.3 Å². The van der Waals surface area contributed by atoms with Crippen molar-refractivity contribution in [3.63, 3.8) is 0 Å². The number of benzene rings is 3. The van der Waals surface area contributed by atoms with Gasteiger partial charge < -0.3 is 24.4 Å². The summed E-state index contributed by atoms with van der Waals surface area (Å²) in [7, 11) is -1.43. The Morgan fingerprint density at radius 2 is 1.65 bits per heavy atom. The van der Waals surface area contributed by atoms with Crippen LogP contribution in [0.25, 0.3) is 0 Å². The lowest BCUT2D eigenvalue weighted by Crippen LogP contribution is -2.53. The van der Waals surface area contributed by atoms with Crippen LogP contribution in [0.1, 0.15) is 51.5 Å². The van der Waals surface area contributed by atoms with Gasteiger partial charge >= 0.3 is 0 Å². The number of methoxy groups -OCH3 is 2. The van der Waals surface area contributed by atoms with E-state index in [4.69, 9.17) is 14.2 Å². The standard InChI is InChI=1S/C34H42BrN3O7S/c1-5-45-29-16-14-28(15-17-29)38(46(41,42)30-18-19-31(43-3)32(21-30)44-4)23-33(39)37(22-25-10-9-11-26(35)20-25)24(2)34(40)36-27-12-7-6-8-13-27/h9-11,14-21,24,27H,5-8,12-13,22-23H2,1-4H3,(H,36,40). The normalized spacial score (nSPS) is 14.2. The molecule has 2 amide bonds. The first-order valence-corrected chi connectivity index (χ1v) is 17.6. The van der Waals surface area contributed by atoms with Gasteiger partial charge in [0.15, 0.2) is 11.5 Å². The van der Waals surface area contributed by atoms with Crippen LogP contribution in [0.2, 0.25) is 0 Å². The summed E-state index contributed by atoms with van der Waals surface area (Å²) in [5.41, 5.74) is 1.05. The number of nitrogens with zero attached hydrogens (tertiary/aromatic N) is 2. The lowest BCUT2D eigenvalue weighted by Gasteiger charge is -2.33. The highest BCUT2D eigenvalue weighted by Gasteiger charge is 2.34. The quantitative estimate of drug-likeness (QED) is 0.220. The summed E-state index contributed by atoms with van der Waals surface area (Å²) in [6.07, 6.45) is 5.03. The number of carbonyl (C=O) groups excluding carboxylic acids is 2. The zero-order valence-corrected chi connectivity index (χ0v) is 29.1. The number of amides is 2. The third-order valence-electron chi connectivity index (χ3n) is 8.02. The molecule has 0 radical (unpaired) electrons. The highest BCUT2D eigenvalue weighted by atomic mass is 79.9. The summed E-state index contributed by atoms with van der Waals surface area (Å²) >= 11 is 3.48. The Morgan fingerprint density at radius 3 is 2.28 bits per heavy atom. The van der Waals surface area contributed by atoms with Crippen molar-refractivity contribution in [2.45, 2.75) is 69.5 Å². The van der Waals surface area contributed by atoms with E-state index in [9.17, 15) is 18.0 Å². The Labute approximate surface area is 280 Å². The summed E-state index contributed by atoms with van der Waals surface area (Å²) in [4.78, 5) is 29.2. The summed E-state index contributed by atoms with van der Waals surface area (Å²) in [6.45, 7) is 3.52. The Bertz CT molecular complexity index is 1590. The minimum Gasteiger partial charge on any atom is -0.494 e. The maximum absolute atomic E-state index is 14.3. The molecule has 1 aliphatic carbocycles. The minimum atomic E-state index is -4.31. The molecule has 0 aromatic heterocycles. The molecule has 1 atom stereocenters. The van der Waals surface area contributed by atoms with Crippen LogP contribution >= 0.6 is 15.9 Å². The largest absolute Gasteiger partial charge is 0.494 e. The van der Waals surface area contributed by atoms with Crippen LogP contribution in [0.15, 0.2) is 76.1 Å². The van der Waals surface area contributed by atoms with E-state index in [2.05, 4.69) is 21.2 Å². The second-order valence-electron chi connectivity index (χ2n) is 11.1. The Kier molecular flexibility index (Phi) is 12.3. The van der Waals surface area contributed by atoms with Crippen molar-refractivity contribution in [1.82, 2.24) is 10.2 Å². The molecular weight excluding hydrogens is 674 g/mol. The molecule has 248 valence electrons. The molecule has 1 saturated carbocycles. The first-order valence-electron chi connectivity index (χ1n) is 15.4. The van der Waals surface area contributed by atoms with Crippen molar-refractivity contribution in [2.24, 2.45) is 0 Å². The molecule has 0 spiro atoms. The zero-order valence-electron chi connectivity index (χ0n) is 26.7. The number of hydrogen-bond acceptors (Lipinski definition) is 7. The molecule has 1 aliphatic rings. The van der Waals surface area contributed by atoms with Gasteiger partial charge in [0, 0.05) is 23.1 Å². The number of halogens is 1. The number of rotatable bonds is 14. The van der Waals surface area contributed by atoms with Crippen molar-refractivity contribution >= 4 is 43.5 Å². The average Bonchev–Trinajstić information content (AvgIpc) is 3.06. The highest BCUT2D eigenvalue weighted by Crippen LogP contribution is 2.33. The molecule has 3 aromatic carbocycles. The number of nitrogens with one attached hydrogen (secondary N) is 1. The topological polar surface area (TPSA) is 114 Å². The molecule has 1 unspecified atom stereocenters. The smallest absolute Gasteiger partial charge is 0.264 e. The maximum atomic E-state index is 14.3. The summed E-state index contributed by atoms with van der Waals surface area (Å²) in [5, 5.41) is 3.12. The van der Waals surface area contributed by atoms with E-state index in [-0.39, 0.29) is 34.8 Å². The predicted molar refractivity (Wildman–Crippen MR) is 181 cm³/mol. The summed E-state index contributed by atoms with van der Waals surface area (Å²) in [6, 6.07) is 17.4. The molecule has 10 nitrogen and oxygen atoms in total. The number of ether oxygens (including phenoxy) is 3. The minimum absolute atomic E-state index is 0.0531. The fraction of sp³-hybridized carbons (Fsp3) is 0.412. The first-order chi connectivity index (χ1) is 22.1. The van der Waals surface area contributed by atoms with Gasteiger partial charge in [-0.25, -0.2) is 8.42 Å². The van der Waals surface area contributed by atoms with E-state index < -0.39 is 28.5 Å². The summed E-state index contributed by atoms with van der Waals surface area (Å²) in [5.74, 6) is 0.342. The highest BCUT2D eigenvalue weighted by molar-refractivity contribution is 9.10. The SMILES string of the molecule is CCOc1ccc(N(CC(=O)N(Cc2cccc(Br)c2)C(C)C(=O)NC2CCCCC2)S(=O)(=O)c2ccc(OC)c(OC)c2)cc1. The van der Waals surface area contributed by atoms with Crippen LogP contribution in [0.3, 0.4) is 0 Å². The van der Waals surface area contributed by atoms with Gasteiger partial charge in [-0.05, 0) is 80.8 Å². The molecule has 0 bridgehead atoms. The van der Waals surface area contributed by atoms with Crippen LogP contribution in [0.4, 0.5) is 5.69 Å². The van der Waals surface area contributed by atoms with E-state index in [0.29, 0.717) is 18.1 Å². The van der Waals surface area contributed by atoms with Crippen molar-refractivity contribution in [3.8, 4) is 17.2 Å². The van der Waals surface area contributed by atoms with Crippen molar-refractivity contribution in [3.05, 3.63) is 76.8 Å². The van der Waals surface area contributed by atoms with Gasteiger partial charge in [0.1, 0.15) is 18.3 Å². The van der Waals surface area contributed by atoms with E-state index in [1.807, 2.05) is 31.2 Å². The predicted octanol–water partition coefficient (Wildman–Crippen LogP) is 5.93. The summed E-state index contributed by atoms with van der Waals surface area (Å²) < 4.78 is 46.7. The van der Waals surface area contributed by atoms with Crippen molar-refractivity contribution < 1.29 is 32.2 Å². The van der Waals surface area contributed by atoms with Gasteiger partial charge in [-0.15, -0.1) is 0 Å². The number of hydrogen-bond donors (Lipinski definition) is 1. The molecule has 0 aliphatic heterocycles. The van der Waals surface area contributed by atoms with Crippen LogP contribution in [-0.2, 0) is 26.2 Å². The van der Waals surface area contributed by atoms with Gasteiger partial charge in [0.05, 0.1) is 31.4 Å². The molecule has 4 rings (SSSR count). The van der Waals surface area contributed by atoms with Crippen LogP contribution in [-0.4, -0.2) is 64.6 Å². The van der Waals surface area contributed by atoms with E-state index >= 15 is 0 Å². The second-order valence-corrected chi connectivity index (χ2v) is 13.9. The van der Waals surface area contributed by atoms with Crippen molar-refractivity contribution in [2.75, 3.05) is 31.7 Å². The molecule has 1 fully saturated rings. The molecule has 1 N–H and O–H groups in total. The maximum Gasteiger partial charge on any atom is 0.264 e. The number of anilines is 1.